The molecule has 0 saturated heterocycles. The number of aliphatic hydroxyl groups excluding tert-OH is 2. The molecule has 0 aromatic carbocycles. The van der Waals surface area contributed by atoms with E-state index < -0.39 is 29.0 Å². The van der Waals surface area contributed by atoms with E-state index in [1.54, 1.807) is 6.92 Å². The topological polar surface area (TPSA) is 94.8 Å². The first kappa shape index (κ1) is 25.4. The zero-order valence-corrected chi connectivity index (χ0v) is 22.6. The number of carboxylic acids is 1. The second-order valence-electron chi connectivity index (χ2n) is 14.7. The van der Waals surface area contributed by atoms with Crippen LogP contribution >= 0.6 is 0 Å². The quantitative estimate of drug-likeness (QED) is 0.462. The molecule has 35 heavy (non-hydrogen) atoms. The number of aliphatic hydroxyl groups is 2. The number of fused-ring (bicyclic) bond motifs is 6. The van der Waals surface area contributed by atoms with Gasteiger partial charge in [0.1, 0.15) is 0 Å². The molecule has 4 fully saturated rings. The summed E-state index contributed by atoms with van der Waals surface area (Å²) < 4.78 is 0. The van der Waals surface area contributed by atoms with Crippen LogP contribution in [0.15, 0.2) is 11.6 Å². The zero-order valence-electron chi connectivity index (χ0n) is 22.6. The molecule has 0 aliphatic heterocycles. The van der Waals surface area contributed by atoms with Gasteiger partial charge < -0.3 is 15.3 Å². The van der Waals surface area contributed by atoms with Gasteiger partial charge >= 0.3 is 5.97 Å². The van der Waals surface area contributed by atoms with E-state index in [1.165, 1.54) is 5.57 Å². The van der Waals surface area contributed by atoms with Crippen molar-refractivity contribution in [3.05, 3.63) is 11.6 Å². The van der Waals surface area contributed by atoms with Crippen molar-refractivity contribution in [3.8, 4) is 0 Å². The summed E-state index contributed by atoms with van der Waals surface area (Å²) in [5.41, 5.74) is -0.490. The maximum Gasteiger partial charge on any atom is 0.312 e. The predicted octanol–water partition coefficient (Wildman–Crippen LogP) is 5.38. The van der Waals surface area contributed by atoms with Crippen LogP contribution in [0, 0.1) is 50.7 Å². The zero-order chi connectivity index (χ0) is 25.8. The maximum absolute atomic E-state index is 13.6. The second-order valence-corrected chi connectivity index (χ2v) is 14.7. The number of aliphatic carboxylic acids is 1. The van der Waals surface area contributed by atoms with Crippen LogP contribution in [0.3, 0.4) is 0 Å². The van der Waals surface area contributed by atoms with E-state index in [-0.39, 0.29) is 33.9 Å². The van der Waals surface area contributed by atoms with Gasteiger partial charge in [0.2, 0.25) is 0 Å². The fourth-order valence-electron chi connectivity index (χ4n) is 10.9. The lowest BCUT2D eigenvalue weighted by molar-refractivity contribution is -0.199. The summed E-state index contributed by atoms with van der Waals surface area (Å²) >= 11 is 0. The van der Waals surface area contributed by atoms with Crippen LogP contribution in [0.25, 0.3) is 0 Å². The summed E-state index contributed by atoms with van der Waals surface area (Å²) in [6, 6.07) is 0. The molecule has 5 heteroatoms. The lowest BCUT2D eigenvalue weighted by Gasteiger charge is -2.63. The molecule has 5 aliphatic carbocycles. The summed E-state index contributed by atoms with van der Waals surface area (Å²) in [4.78, 5) is 26.1. The normalized spacial score (nSPS) is 53.3. The lowest BCUT2D eigenvalue weighted by Crippen LogP contribution is -2.61. The van der Waals surface area contributed by atoms with E-state index >= 15 is 0 Å². The minimum Gasteiger partial charge on any atom is -0.481 e. The van der Waals surface area contributed by atoms with Crippen molar-refractivity contribution in [2.24, 2.45) is 50.7 Å². The highest BCUT2D eigenvalue weighted by Gasteiger charge is 2.66. The molecule has 4 saturated carbocycles. The minimum absolute atomic E-state index is 0.0285. The molecular weight excluding hydrogens is 440 g/mol. The third-order valence-electron chi connectivity index (χ3n) is 12.7. The van der Waals surface area contributed by atoms with Gasteiger partial charge in [-0.3, -0.25) is 9.59 Å². The van der Waals surface area contributed by atoms with E-state index in [9.17, 15) is 24.9 Å². The first-order valence-electron chi connectivity index (χ1n) is 14.0. The highest BCUT2D eigenvalue weighted by molar-refractivity contribution is 5.95. The molecule has 0 amide bonds. The van der Waals surface area contributed by atoms with Crippen LogP contribution in [0.2, 0.25) is 0 Å². The predicted molar refractivity (Wildman–Crippen MR) is 134 cm³/mol. The van der Waals surface area contributed by atoms with Crippen LogP contribution in [0.5, 0.6) is 0 Å². The van der Waals surface area contributed by atoms with Gasteiger partial charge in [-0.25, -0.2) is 0 Å². The molecule has 0 spiro atoms. The number of hydrogen-bond donors (Lipinski definition) is 3. The van der Waals surface area contributed by atoms with Crippen LogP contribution < -0.4 is 0 Å². The largest absolute Gasteiger partial charge is 0.481 e. The summed E-state index contributed by atoms with van der Waals surface area (Å²) in [5, 5.41) is 31.9. The fraction of sp³-hybridized carbons (Fsp3) is 0.867. The molecule has 5 aliphatic rings. The number of carbonyl (C=O) groups excluding carboxylic acids is 1. The maximum atomic E-state index is 13.6. The fourth-order valence-corrected chi connectivity index (χ4v) is 10.9. The first-order chi connectivity index (χ1) is 16.1. The molecule has 0 unspecified atom stereocenters. The van der Waals surface area contributed by atoms with Crippen LogP contribution in [-0.2, 0) is 9.59 Å². The standard InChI is InChI=1S/C30H46O5/c1-26(2)22(32)10-13-28(4)18-7-8-20-27(3,16-17(18)15-19(31)24(26)28)12-9-21-29(20,5)14-11-23(33)30(21,6)25(34)35/h15,18,20-24,32-33H,7-14,16H2,1-6H3,(H,34,35)/t18-,20-,21-,22+,23+,24-,27-,28+,29+,30+/m0/s1. The number of rotatable bonds is 1. The summed E-state index contributed by atoms with van der Waals surface area (Å²) in [7, 11) is 0. The molecular formula is C30H46O5. The summed E-state index contributed by atoms with van der Waals surface area (Å²) in [5.74, 6) is -0.171. The smallest absolute Gasteiger partial charge is 0.312 e. The van der Waals surface area contributed by atoms with Gasteiger partial charge in [-0.1, -0.05) is 40.2 Å². The Balaban J connectivity index is 1.55. The molecule has 5 rings (SSSR count). The Morgan fingerprint density at radius 3 is 2.11 bits per heavy atom. The molecule has 0 aromatic rings. The number of allylic oxidation sites excluding steroid dienone is 2. The molecule has 0 radical (unpaired) electrons. The molecule has 0 aromatic heterocycles. The van der Waals surface area contributed by atoms with E-state index in [0.717, 1.165) is 51.4 Å². The van der Waals surface area contributed by atoms with Gasteiger partial charge in [0.05, 0.1) is 17.6 Å². The van der Waals surface area contributed by atoms with Crippen molar-refractivity contribution in [2.45, 2.75) is 112 Å². The lowest BCUT2D eigenvalue weighted by atomic mass is 9.41. The van der Waals surface area contributed by atoms with Crippen molar-refractivity contribution in [1.82, 2.24) is 0 Å². The third-order valence-corrected chi connectivity index (χ3v) is 12.7. The summed E-state index contributed by atoms with van der Waals surface area (Å²) in [6.45, 7) is 12.9. The Morgan fingerprint density at radius 2 is 1.46 bits per heavy atom. The molecule has 3 N–H and O–H groups in total. The van der Waals surface area contributed by atoms with Crippen molar-refractivity contribution in [2.75, 3.05) is 0 Å². The SMILES string of the molecule is CC1(C)[C@H](O)CC[C@]2(C)[C@H]3CC[C@H]4[C@@](C)(CC[C@H]5[C@]4(C)CC[C@@H](O)[C@]5(C)C(=O)O)CC3=CC(=O)[C@@H]12. The van der Waals surface area contributed by atoms with E-state index in [1.807, 2.05) is 6.08 Å². The average Bonchev–Trinajstić information content (AvgIpc) is 2.90. The van der Waals surface area contributed by atoms with Crippen LogP contribution in [0.1, 0.15) is 99.3 Å². The Bertz CT molecular complexity index is 968. The van der Waals surface area contributed by atoms with E-state index in [0.29, 0.717) is 18.3 Å². The van der Waals surface area contributed by atoms with Crippen molar-refractivity contribution >= 4 is 11.8 Å². The summed E-state index contributed by atoms with van der Waals surface area (Å²) in [6.07, 6.45) is 8.46. The monoisotopic (exact) mass is 486 g/mol. The molecule has 5 nitrogen and oxygen atoms in total. The first-order valence-corrected chi connectivity index (χ1v) is 14.0. The Labute approximate surface area is 210 Å². The Hall–Kier alpha value is -1.20. The number of carboxylic acid groups (broad SMARTS) is 1. The van der Waals surface area contributed by atoms with Gasteiger partial charge in [-0.2, -0.15) is 0 Å². The second kappa shape index (κ2) is 7.66. The molecule has 10 atom stereocenters. The van der Waals surface area contributed by atoms with Gasteiger partial charge in [0, 0.05) is 11.3 Å². The van der Waals surface area contributed by atoms with Gasteiger partial charge in [0.15, 0.2) is 5.78 Å². The Kier molecular flexibility index (Phi) is 5.57. The molecule has 0 heterocycles. The van der Waals surface area contributed by atoms with Crippen LogP contribution in [0.4, 0.5) is 0 Å². The van der Waals surface area contributed by atoms with Crippen molar-refractivity contribution in [1.29, 1.82) is 0 Å². The highest BCUT2D eigenvalue weighted by atomic mass is 16.4. The third kappa shape index (κ3) is 3.19. The highest BCUT2D eigenvalue weighted by Crippen LogP contribution is 2.70. The van der Waals surface area contributed by atoms with Gasteiger partial charge in [-0.05, 0) is 105 Å². The number of carbonyl (C=O) groups is 2. The minimum atomic E-state index is -1.11. The van der Waals surface area contributed by atoms with E-state index in [2.05, 4.69) is 34.6 Å². The van der Waals surface area contributed by atoms with Gasteiger partial charge in [0.25, 0.3) is 0 Å². The van der Waals surface area contributed by atoms with Gasteiger partial charge in [-0.15, -0.1) is 0 Å². The average molecular weight is 487 g/mol. The number of hydrogen-bond acceptors (Lipinski definition) is 4. The molecule has 0 bridgehead atoms. The van der Waals surface area contributed by atoms with Crippen molar-refractivity contribution < 1.29 is 24.9 Å². The van der Waals surface area contributed by atoms with Crippen molar-refractivity contribution in [3.63, 3.8) is 0 Å². The van der Waals surface area contributed by atoms with E-state index in [4.69, 9.17) is 0 Å². The molecule has 196 valence electrons. The van der Waals surface area contributed by atoms with Crippen LogP contribution in [-0.4, -0.2) is 39.3 Å². The Morgan fingerprint density at radius 1 is 0.829 bits per heavy atom. The number of ketones is 1.